The van der Waals surface area contributed by atoms with Crippen LogP contribution in [0.15, 0.2) is 24.3 Å². The third kappa shape index (κ3) is 2.51. The standard InChI is InChI=1S/C18H27NO/c1-2-18-10-5-6-15(12-18)9-11-19(18)13-16-7-3-4-8-17(16)14-20/h3-4,7-8,15,20H,2,5-6,9-14H2,1H3. The van der Waals surface area contributed by atoms with Crippen LogP contribution in [0, 0.1) is 5.92 Å². The maximum absolute atomic E-state index is 9.53. The molecule has 1 aromatic carbocycles. The first-order valence-electron chi connectivity index (χ1n) is 8.20. The predicted octanol–water partition coefficient (Wildman–Crippen LogP) is 3.72. The Labute approximate surface area is 122 Å². The average Bonchev–Trinajstić information content (AvgIpc) is 2.51. The van der Waals surface area contributed by atoms with E-state index in [0.29, 0.717) is 5.54 Å². The van der Waals surface area contributed by atoms with E-state index in [1.54, 1.807) is 0 Å². The Hall–Kier alpha value is -0.860. The number of aliphatic hydroxyl groups is 1. The summed E-state index contributed by atoms with van der Waals surface area (Å²) in [6, 6.07) is 8.36. The van der Waals surface area contributed by atoms with E-state index in [9.17, 15) is 5.11 Å². The number of likely N-dealkylation sites (tertiary alicyclic amines) is 1. The zero-order chi connectivity index (χ0) is 14.0. The van der Waals surface area contributed by atoms with Crippen molar-refractivity contribution in [3.8, 4) is 0 Å². The molecule has 0 spiro atoms. The highest BCUT2D eigenvalue weighted by molar-refractivity contribution is 5.26. The molecule has 2 bridgehead atoms. The van der Waals surface area contributed by atoms with E-state index in [2.05, 4.69) is 30.0 Å². The van der Waals surface area contributed by atoms with E-state index in [1.807, 2.05) is 6.07 Å². The zero-order valence-electron chi connectivity index (χ0n) is 12.6. The molecule has 1 aliphatic heterocycles. The van der Waals surface area contributed by atoms with Gasteiger partial charge in [-0.1, -0.05) is 44.0 Å². The normalized spacial score (nSPS) is 30.4. The molecule has 20 heavy (non-hydrogen) atoms. The second-order valence-electron chi connectivity index (χ2n) is 6.68. The average molecular weight is 273 g/mol. The van der Waals surface area contributed by atoms with Crippen LogP contribution in [0.2, 0.25) is 0 Å². The van der Waals surface area contributed by atoms with Crippen molar-refractivity contribution in [1.29, 1.82) is 0 Å². The molecule has 1 aliphatic carbocycles. The summed E-state index contributed by atoms with van der Waals surface area (Å²) in [6.07, 6.45) is 8.24. The Balaban J connectivity index is 1.82. The van der Waals surface area contributed by atoms with E-state index in [-0.39, 0.29) is 6.61 Å². The monoisotopic (exact) mass is 273 g/mol. The highest BCUT2D eigenvalue weighted by Gasteiger charge is 2.43. The van der Waals surface area contributed by atoms with Crippen molar-refractivity contribution in [2.45, 2.75) is 64.1 Å². The Morgan fingerprint density at radius 1 is 1.25 bits per heavy atom. The molecule has 110 valence electrons. The fourth-order valence-corrected chi connectivity index (χ4v) is 4.43. The van der Waals surface area contributed by atoms with Gasteiger partial charge in [-0.25, -0.2) is 0 Å². The number of aliphatic hydroxyl groups excluding tert-OH is 1. The van der Waals surface area contributed by atoms with Gasteiger partial charge in [-0.15, -0.1) is 0 Å². The lowest BCUT2D eigenvalue weighted by Crippen LogP contribution is -2.55. The van der Waals surface area contributed by atoms with Crippen LogP contribution < -0.4 is 0 Å². The molecule has 1 aromatic rings. The molecule has 0 radical (unpaired) electrons. The predicted molar refractivity (Wildman–Crippen MR) is 82.4 cm³/mol. The molecule has 2 aliphatic rings. The van der Waals surface area contributed by atoms with Crippen LogP contribution in [-0.2, 0) is 13.2 Å². The topological polar surface area (TPSA) is 23.5 Å². The summed E-state index contributed by atoms with van der Waals surface area (Å²) >= 11 is 0. The van der Waals surface area contributed by atoms with Gasteiger partial charge in [0.25, 0.3) is 0 Å². The molecule has 2 fully saturated rings. The van der Waals surface area contributed by atoms with Gasteiger partial charge in [-0.05, 0) is 49.3 Å². The molecular formula is C18H27NO. The minimum atomic E-state index is 0.158. The number of hydrogen-bond donors (Lipinski definition) is 1. The van der Waals surface area contributed by atoms with Crippen molar-refractivity contribution in [3.63, 3.8) is 0 Å². The van der Waals surface area contributed by atoms with Crippen LogP contribution in [0.5, 0.6) is 0 Å². The van der Waals surface area contributed by atoms with Crippen molar-refractivity contribution in [1.82, 2.24) is 4.90 Å². The van der Waals surface area contributed by atoms with Gasteiger partial charge in [0, 0.05) is 12.1 Å². The van der Waals surface area contributed by atoms with Gasteiger partial charge in [-0.2, -0.15) is 0 Å². The van der Waals surface area contributed by atoms with Crippen LogP contribution in [0.1, 0.15) is 56.6 Å². The second-order valence-corrected chi connectivity index (χ2v) is 6.68. The number of rotatable bonds is 4. The van der Waals surface area contributed by atoms with Crippen molar-refractivity contribution in [2.24, 2.45) is 5.92 Å². The number of piperidine rings is 1. The minimum Gasteiger partial charge on any atom is -0.392 e. The smallest absolute Gasteiger partial charge is 0.0685 e. The quantitative estimate of drug-likeness (QED) is 0.903. The SMILES string of the molecule is CCC12CCCC(CCN1Cc1ccccc1CO)C2. The number of fused-ring (bicyclic) bond motifs is 2. The molecule has 1 N–H and O–H groups in total. The van der Waals surface area contributed by atoms with Crippen molar-refractivity contribution >= 4 is 0 Å². The fraction of sp³-hybridized carbons (Fsp3) is 0.667. The first-order valence-corrected chi connectivity index (χ1v) is 8.20. The van der Waals surface area contributed by atoms with E-state index < -0.39 is 0 Å². The highest BCUT2D eigenvalue weighted by Crippen LogP contribution is 2.45. The Kier molecular flexibility index (Phi) is 4.13. The van der Waals surface area contributed by atoms with Gasteiger partial charge in [-0.3, -0.25) is 4.90 Å². The minimum absolute atomic E-state index is 0.158. The third-order valence-electron chi connectivity index (χ3n) is 5.71. The van der Waals surface area contributed by atoms with Crippen LogP contribution in [0.4, 0.5) is 0 Å². The van der Waals surface area contributed by atoms with Crippen LogP contribution in [0.3, 0.4) is 0 Å². The van der Waals surface area contributed by atoms with Gasteiger partial charge in [0.05, 0.1) is 6.61 Å². The van der Waals surface area contributed by atoms with Crippen LogP contribution >= 0.6 is 0 Å². The van der Waals surface area contributed by atoms with E-state index >= 15 is 0 Å². The summed E-state index contributed by atoms with van der Waals surface area (Å²) in [5.74, 6) is 0.966. The molecule has 2 atom stereocenters. The molecule has 1 saturated carbocycles. The van der Waals surface area contributed by atoms with Crippen molar-refractivity contribution < 1.29 is 5.11 Å². The Morgan fingerprint density at radius 3 is 2.80 bits per heavy atom. The molecule has 3 rings (SSSR count). The summed E-state index contributed by atoms with van der Waals surface area (Å²) in [4.78, 5) is 2.72. The van der Waals surface area contributed by atoms with Gasteiger partial charge in [0.1, 0.15) is 0 Å². The maximum atomic E-state index is 9.53. The second kappa shape index (κ2) is 5.87. The lowest BCUT2D eigenvalue weighted by Gasteiger charge is -2.53. The Bertz CT molecular complexity index is 458. The van der Waals surface area contributed by atoms with Gasteiger partial charge >= 0.3 is 0 Å². The van der Waals surface area contributed by atoms with Crippen LogP contribution in [0.25, 0.3) is 0 Å². The fourth-order valence-electron chi connectivity index (χ4n) is 4.43. The summed E-state index contributed by atoms with van der Waals surface area (Å²) < 4.78 is 0. The lowest BCUT2D eigenvalue weighted by molar-refractivity contribution is -0.0237. The number of hydrogen-bond acceptors (Lipinski definition) is 2. The van der Waals surface area contributed by atoms with Gasteiger partial charge in [0.15, 0.2) is 0 Å². The zero-order valence-corrected chi connectivity index (χ0v) is 12.6. The molecule has 0 amide bonds. The largest absolute Gasteiger partial charge is 0.392 e. The van der Waals surface area contributed by atoms with E-state index in [4.69, 9.17) is 0 Å². The number of benzene rings is 1. The van der Waals surface area contributed by atoms with Crippen molar-refractivity contribution in [3.05, 3.63) is 35.4 Å². The number of nitrogens with zero attached hydrogens (tertiary/aromatic N) is 1. The summed E-state index contributed by atoms with van der Waals surface area (Å²) in [5.41, 5.74) is 2.84. The molecule has 2 heteroatoms. The van der Waals surface area contributed by atoms with Crippen molar-refractivity contribution in [2.75, 3.05) is 6.54 Å². The van der Waals surface area contributed by atoms with E-state index in [1.165, 1.54) is 50.6 Å². The van der Waals surface area contributed by atoms with Crippen LogP contribution in [-0.4, -0.2) is 22.1 Å². The summed E-state index contributed by atoms with van der Waals surface area (Å²) in [5, 5.41) is 9.53. The molecular weight excluding hydrogens is 246 g/mol. The molecule has 2 unspecified atom stereocenters. The molecule has 1 heterocycles. The highest BCUT2D eigenvalue weighted by atomic mass is 16.3. The summed E-state index contributed by atoms with van der Waals surface area (Å²) in [6.45, 7) is 4.76. The van der Waals surface area contributed by atoms with E-state index in [0.717, 1.165) is 18.0 Å². The van der Waals surface area contributed by atoms with Gasteiger partial charge < -0.3 is 5.11 Å². The summed E-state index contributed by atoms with van der Waals surface area (Å²) in [7, 11) is 0. The Morgan fingerprint density at radius 2 is 2.05 bits per heavy atom. The first-order chi connectivity index (χ1) is 9.77. The molecule has 2 nitrogen and oxygen atoms in total. The van der Waals surface area contributed by atoms with Gasteiger partial charge in [0.2, 0.25) is 0 Å². The first kappa shape index (κ1) is 14.1. The third-order valence-corrected chi connectivity index (χ3v) is 5.71. The lowest BCUT2D eigenvalue weighted by atomic mass is 9.69. The maximum Gasteiger partial charge on any atom is 0.0685 e. The molecule has 1 saturated heterocycles. The molecule has 0 aromatic heterocycles.